The van der Waals surface area contributed by atoms with E-state index in [4.69, 9.17) is 9.47 Å². The van der Waals surface area contributed by atoms with Gasteiger partial charge in [-0.15, -0.1) is 0 Å². The van der Waals surface area contributed by atoms with Crippen molar-refractivity contribution in [3.63, 3.8) is 0 Å². The van der Waals surface area contributed by atoms with E-state index < -0.39 is 11.7 Å². The summed E-state index contributed by atoms with van der Waals surface area (Å²) in [5.74, 6) is -0.972. The molecule has 2 aliphatic heterocycles. The van der Waals surface area contributed by atoms with E-state index in [9.17, 15) is 23.5 Å². The molecule has 0 radical (unpaired) electrons. The fourth-order valence-electron chi connectivity index (χ4n) is 6.38. The molecular formula is C37H44F2N2O5. The number of aliphatic hydroxyl groups is 1. The molecule has 9 heteroatoms. The lowest BCUT2D eigenvalue weighted by Crippen LogP contribution is -2.55. The molecule has 0 bridgehead atoms. The average molecular weight is 635 g/mol. The van der Waals surface area contributed by atoms with Gasteiger partial charge in [-0.05, 0) is 91.1 Å². The molecule has 3 unspecified atom stereocenters. The Kier molecular flexibility index (Phi) is 10.9. The second-order valence-electron chi connectivity index (χ2n) is 12.9. The molecule has 2 saturated heterocycles. The topological polar surface area (TPSA) is 88.1 Å². The Bertz CT molecular complexity index is 1460. The van der Waals surface area contributed by atoms with Crippen molar-refractivity contribution in [2.24, 2.45) is 11.8 Å². The Morgan fingerprint density at radius 1 is 1.02 bits per heavy atom. The van der Waals surface area contributed by atoms with Crippen LogP contribution >= 0.6 is 0 Å². The fraction of sp³-hybridized carbons (Fsp3) is 0.459. The number of nitrogens with zero attached hydrogens (tertiary/aromatic N) is 1. The summed E-state index contributed by atoms with van der Waals surface area (Å²) in [5.41, 5.74) is 2.76. The predicted octanol–water partition coefficient (Wildman–Crippen LogP) is 6.45. The minimum atomic E-state index is -0.823. The van der Waals surface area contributed by atoms with Gasteiger partial charge in [0, 0.05) is 11.7 Å². The minimum absolute atomic E-state index is 0.00229. The average Bonchev–Trinajstić information content (AvgIpc) is 3.03. The van der Waals surface area contributed by atoms with E-state index in [1.54, 1.807) is 29.2 Å². The second kappa shape index (κ2) is 14.8. The van der Waals surface area contributed by atoms with Crippen LogP contribution < -0.4 is 10.2 Å². The van der Waals surface area contributed by atoms with Crippen LogP contribution in [0.15, 0.2) is 72.8 Å². The number of aliphatic hydroxyl groups excluding tert-OH is 1. The van der Waals surface area contributed by atoms with Crippen LogP contribution in [0.3, 0.4) is 0 Å². The summed E-state index contributed by atoms with van der Waals surface area (Å²) in [6.45, 7) is 7.13. The molecule has 2 amide bonds. The lowest BCUT2D eigenvalue weighted by molar-refractivity contribution is -0.212. The van der Waals surface area contributed by atoms with Gasteiger partial charge in [0.1, 0.15) is 23.8 Å². The van der Waals surface area contributed by atoms with Gasteiger partial charge in [-0.3, -0.25) is 9.59 Å². The highest BCUT2D eigenvalue weighted by atomic mass is 19.1. The van der Waals surface area contributed by atoms with Crippen molar-refractivity contribution in [1.29, 1.82) is 0 Å². The summed E-state index contributed by atoms with van der Waals surface area (Å²) in [6.07, 6.45) is 2.25. The van der Waals surface area contributed by atoms with E-state index in [0.717, 1.165) is 24.0 Å². The van der Waals surface area contributed by atoms with Crippen molar-refractivity contribution < 1.29 is 33.0 Å². The molecule has 2 N–H and O–H groups in total. The number of anilines is 1. The molecule has 246 valence electrons. The van der Waals surface area contributed by atoms with Gasteiger partial charge in [0.05, 0.1) is 31.3 Å². The number of carbonyl (C=O) groups is 2. The highest BCUT2D eigenvalue weighted by Gasteiger charge is 2.48. The van der Waals surface area contributed by atoms with Gasteiger partial charge >= 0.3 is 0 Å². The van der Waals surface area contributed by atoms with Crippen molar-refractivity contribution in [1.82, 2.24) is 5.32 Å². The molecule has 0 aromatic heterocycles. The number of carbonyl (C=O) groups excluding carboxylic acids is 2. The van der Waals surface area contributed by atoms with Gasteiger partial charge in [0.25, 0.3) is 0 Å². The van der Waals surface area contributed by atoms with Gasteiger partial charge in [-0.25, -0.2) is 8.78 Å². The van der Waals surface area contributed by atoms with Gasteiger partial charge in [-0.1, -0.05) is 57.2 Å². The van der Waals surface area contributed by atoms with E-state index >= 15 is 0 Å². The summed E-state index contributed by atoms with van der Waals surface area (Å²) in [6, 6.07) is 19.6. The van der Waals surface area contributed by atoms with Crippen LogP contribution in [0.4, 0.5) is 14.5 Å². The van der Waals surface area contributed by atoms with Crippen LogP contribution in [-0.4, -0.2) is 48.4 Å². The zero-order valence-corrected chi connectivity index (χ0v) is 26.8. The number of hydrogen-bond donors (Lipinski definition) is 2. The van der Waals surface area contributed by atoms with Crippen molar-refractivity contribution >= 4 is 17.5 Å². The number of nitrogens with one attached hydrogen (secondary N) is 1. The van der Waals surface area contributed by atoms with Crippen molar-refractivity contribution in [2.75, 3.05) is 24.7 Å². The molecule has 0 spiro atoms. The van der Waals surface area contributed by atoms with Crippen LogP contribution in [0.25, 0.3) is 0 Å². The van der Waals surface area contributed by atoms with Crippen molar-refractivity contribution in [3.8, 4) is 0 Å². The number of β-lactam (4-membered cyclic amide) rings is 1. The normalized spacial score (nSPS) is 20.2. The monoisotopic (exact) mass is 634 g/mol. The van der Waals surface area contributed by atoms with Crippen LogP contribution in [0, 0.1) is 23.5 Å². The quantitative estimate of drug-likeness (QED) is 0.188. The minimum Gasteiger partial charge on any atom is -0.388 e. The van der Waals surface area contributed by atoms with Crippen LogP contribution in [-0.2, 0) is 25.5 Å². The maximum atomic E-state index is 13.7. The first kappa shape index (κ1) is 33.7. The first-order chi connectivity index (χ1) is 22.1. The zero-order valence-electron chi connectivity index (χ0n) is 26.8. The maximum Gasteiger partial charge on any atom is 0.246 e. The third-order valence-corrected chi connectivity index (χ3v) is 9.35. The Labute approximate surface area is 269 Å². The van der Waals surface area contributed by atoms with E-state index in [-0.39, 0.29) is 48.1 Å². The molecule has 3 aromatic rings. The second-order valence-corrected chi connectivity index (χ2v) is 12.9. The van der Waals surface area contributed by atoms with Crippen LogP contribution in [0.1, 0.15) is 75.3 Å². The summed E-state index contributed by atoms with van der Waals surface area (Å²) >= 11 is 0. The maximum absolute atomic E-state index is 13.7. The Morgan fingerprint density at radius 3 is 2.22 bits per heavy atom. The lowest BCUT2D eigenvalue weighted by Gasteiger charge is -2.48. The van der Waals surface area contributed by atoms with Gasteiger partial charge in [-0.2, -0.15) is 0 Å². The van der Waals surface area contributed by atoms with Gasteiger partial charge < -0.3 is 24.8 Å². The molecular weight excluding hydrogens is 590 g/mol. The molecule has 0 aliphatic carbocycles. The number of ether oxygens (including phenoxy) is 2. The molecule has 2 fully saturated rings. The van der Waals surface area contributed by atoms with E-state index in [1.807, 2.05) is 24.3 Å². The van der Waals surface area contributed by atoms with Crippen LogP contribution in [0.5, 0.6) is 0 Å². The molecule has 4 atom stereocenters. The Hall–Kier alpha value is -3.66. The smallest absolute Gasteiger partial charge is 0.246 e. The Balaban J connectivity index is 1.23. The molecule has 3 aromatic carbocycles. The number of halogens is 2. The van der Waals surface area contributed by atoms with E-state index in [2.05, 4.69) is 26.1 Å². The predicted molar refractivity (Wildman–Crippen MR) is 172 cm³/mol. The largest absolute Gasteiger partial charge is 0.388 e. The SMILES string of the molecule is CCC(NC(=O)COC1(CCc2ccc(C3[C@@H](CCC(O)c4ccc(F)cc4)C(=O)N3c3ccc(F)cc3)cc2)COC1)C(C)C. The summed E-state index contributed by atoms with van der Waals surface area (Å²) in [4.78, 5) is 27.6. The van der Waals surface area contributed by atoms with Crippen molar-refractivity contribution in [3.05, 3.63) is 101 Å². The van der Waals surface area contributed by atoms with Gasteiger partial charge in [0.15, 0.2) is 0 Å². The number of hydrogen-bond acceptors (Lipinski definition) is 5. The molecule has 2 aliphatic rings. The van der Waals surface area contributed by atoms with Gasteiger partial charge in [0.2, 0.25) is 11.8 Å². The zero-order chi connectivity index (χ0) is 32.8. The highest BCUT2D eigenvalue weighted by Crippen LogP contribution is 2.46. The highest BCUT2D eigenvalue weighted by molar-refractivity contribution is 6.03. The Morgan fingerprint density at radius 2 is 1.65 bits per heavy atom. The molecule has 46 heavy (non-hydrogen) atoms. The third kappa shape index (κ3) is 7.82. The number of amides is 2. The first-order valence-corrected chi connectivity index (χ1v) is 16.2. The van der Waals surface area contributed by atoms with Crippen molar-refractivity contribution in [2.45, 2.75) is 76.7 Å². The summed E-state index contributed by atoms with van der Waals surface area (Å²) in [7, 11) is 0. The molecule has 0 saturated carbocycles. The standard InChI is InChI=1S/C37H44F2N2O5/c1-4-32(24(2)3)40-34(43)21-46-37(22-45-23-37)20-19-25-5-7-27(8-6-25)35-31(17-18-33(42)26-9-11-28(38)12-10-26)36(44)41(35)30-15-13-29(39)14-16-30/h5-16,24,31-33,35,42H,4,17-23H2,1-3H3,(H,40,43)/t31-,32?,33?,35?/m1/s1. The summed E-state index contributed by atoms with van der Waals surface area (Å²) < 4.78 is 38.6. The number of benzene rings is 3. The summed E-state index contributed by atoms with van der Waals surface area (Å²) in [5, 5.41) is 13.8. The number of rotatable bonds is 15. The number of aryl methyl sites for hydroxylation is 1. The first-order valence-electron chi connectivity index (χ1n) is 16.2. The third-order valence-electron chi connectivity index (χ3n) is 9.35. The fourth-order valence-corrected chi connectivity index (χ4v) is 6.38. The van der Waals surface area contributed by atoms with E-state index in [0.29, 0.717) is 49.6 Å². The molecule has 7 nitrogen and oxygen atoms in total. The molecule has 2 heterocycles. The lowest BCUT2D eigenvalue weighted by atomic mass is 9.78. The molecule has 5 rings (SSSR count). The van der Waals surface area contributed by atoms with Crippen LogP contribution in [0.2, 0.25) is 0 Å². The van der Waals surface area contributed by atoms with E-state index in [1.165, 1.54) is 24.3 Å².